The average molecular weight is 352 g/mol. The number of carbonyl (C=O) groups is 2. The van der Waals surface area contributed by atoms with Crippen molar-refractivity contribution in [2.24, 2.45) is 0 Å². The van der Waals surface area contributed by atoms with Crippen LogP contribution in [0.25, 0.3) is 10.9 Å². The van der Waals surface area contributed by atoms with E-state index in [2.05, 4.69) is 20.8 Å². The van der Waals surface area contributed by atoms with Crippen molar-refractivity contribution < 1.29 is 9.59 Å². The molecule has 0 spiro atoms. The lowest BCUT2D eigenvalue weighted by molar-refractivity contribution is -0.131. The van der Waals surface area contributed by atoms with Crippen molar-refractivity contribution in [1.29, 1.82) is 0 Å². The number of aromatic nitrogens is 2. The van der Waals surface area contributed by atoms with Gasteiger partial charge in [-0.05, 0) is 19.0 Å². The summed E-state index contributed by atoms with van der Waals surface area (Å²) in [5, 5.41) is 13.7. The van der Waals surface area contributed by atoms with E-state index in [4.69, 9.17) is 0 Å². The average Bonchev–Trinajstić information content (AvgIpc) is 3.23. The van der Waals surface area contributed by atoms with Crippen molar-refractivity contribution >= 4 is 35.1 Å². The van der Waals surface area contributed by atoms with Crippen molar-refractivity contribution in [1.82, 2.24) is 25.7 Å². The number of benzene rings is 1. The summed E-state index contributed by atoms with van der Waals surface area (Å²) >= 11 is 0. The number of likely N-dealkylation sites (N-methyl/N-ethyl adjacent to an activating group) is 1. The number of nitrogens with zero attached hydrogens (tertiary/aromatic N) is 2. The van der Waals surface area contributed by atoms with Crippen molar-refractivity contribution in [2.75, 3.05) is 26.7 Å². The number of nitrogens with one attached hydrogen (secondary N) is 3. The van der Waals surface area contributed by atoms with E-state index in [-0.39, 0.29) is 30.3 Å². The molecule has 1 aliphatic rings. The monoisotopic (exact) mass is 351 g/mol. The van der Waals surface area contributed by atoms with E-state index in [0.717, 1.165) is 30.4 Å². The quantitative estimate of drug-likeness (QED) is 0.747. The second-order valence-corrected chi connectivity index (χ2v) is 5.77. The van der Waals surface area contributed by atoms with Gasteiger partial charge in [0.05, 0.1) is 5.52 Å². The zero-order chi connectivity index (χ0) is 16.2. The second kappa shape index (κ2) is 8.12. The Labute approximate surface area is 146 Å². The third kappa shape index (κ3) is 3.85. The zero-order valence-electron chi connectivity index (χ0n) is 13.5. The van der Waals surface area contributed by atoms with Crippen LogP contribution in [0.1, 0.15) is 23.3 Å². The predicted octanol–water partition coefficient (Wildman–Crippen LogP) is 0.925. The molecule has 1 aromatic carbocycles. The van der Waals surface area contributed by atoms with Gasteiger partial charge in [0.1, 0.15) is 0 Å². The van der Waals surface area contributed by atoms with Crippen LogP contribution in [0.5, 0.6) is 0 Å². The molecule has 130 valence electrons. The Kier molecular flexibility index (Phi) is 6.16. The van der Waals surface area contributed by atoms with Crippen molar-refractivity contribution in [3.8, 4) is 0 Å². The number of halogens is 1. The largest absolute Gasteiger partial charge is 0.350 e. The molecule has 1 unspecified atom stereocenters. The lowest BCUT2D eigenvalue weighted by Gasteiger charge is -2.23. The molecule has 1 aliphatic heterocycles. The summed E-state index contributed by atoms with van der Waals surface area (Å²) in [6.45, 7) is 2.10. The zero-order valence-corrected chi connectivity index (χ0v) is 14.4. The maximum Gasteiger partial charge on any atom is 0.272 e. The molecule has 1 fully saturated rings. The molecule has 1 aromatic heterocycles. The van der Waals surface area contributed by atoms with Gasteiger partial charge in [-0.3, -0.25) is 14.7 Å². The first-order chi connectivity index (χ1) is 11.2. The molecule has 24 heavy (non-hydrogen) atoms. The topological polar surface area (TPSA) is 90.1 Å². The first-order valence-electron chi connectivity index (χ1n) is 7.84. The SMILES string of the molecule is CN(C(=O)CCNC(=O)c1n[nH]c2ccccc12)C1CCNC1.Cl. The molecule has 8 heteroatoms. The van der Waals surface area contributed by atoms with E-state index in [1.54, 1.807) is 4.90 Å². The number of H-pyrrole nitrogens is 1. The number of hydrogen-bond acceptors (Lipinski definition) is 4. The van der Waals surface area contributed by atoms with Crippen LogP contribution in [-0.2, 0) is 4.79 Å². The number of hydrogen-bond donors (Lipinski definition) is 3. The lowest BCUT2D eigenvalue weighted by atomic mass is 10.2. The van der Waals surface area contributed by atoms with Crippen molar-refractivity contribution in [3.63, 3.8) is 0 Å². The Morgan fingerprint density at radius 1 is 1.38 bits per heavy atom. The molecule has 1 saturated heterocycles. The van der Waals surface area contributed by atoms with Crippen LogP contribution >= 0.6 is 12.4 Å². The van der Waals surface area contributed by atoms with Crippen LogP contribution in [0.2, 0.25) is 0 Å². The molecule has 7 nitrogen and oxygen atoms in total. The smallest absolute Gasteiger partial charge is 0.272 e. The van der Waals surface area contributed by atoms with Gasteiger partial charge < -0.3 is 15.5 Å². The fourth-order valence-electron chi connectivity index (χ4n) is 2.85. The fourth-order valence-corrected chi connectivity index (χ4v) is 2.85. The number of carbonyl (C=O) groups excluding carboxylic acids is 2. The second-order valence-electron chi connectivity index (χ2n) is 5.77. The molecular weight excluding hydrogens is 330 g/mol. The third-order valence-electron chi connectivity index (χ3n) is 4.29. The van der Waals surface area contributed by atoms with E-state index in [1.807, 2.05) is 31.3 Å². The minimum atomic E-state index is -0.263. The normalized spacial score (nSPS) is 16.6. The number of fused-ring (bicyclic) bond motifs is 1. The Morgan fingerprint density at radius 3 is 2.92 bits per heavy atom. The standard InChI is InChI=1S/C16H21N5O2.ClH/c1-21(11-6-8-17-10-11)14(22)7-9-18-16(23)15-12-4-2-3-5-13(12)19-20-15;/h2-5,11,17H,6-10H2,1H3,(H,18,23)(H,19,20);1H. The Hall–Kier alpha value is -2.12. The molecule has 0 aliphatic carbocycles. The molecule has 0 radical (unpaired) electrons. The first kappa shape index (κ1) is 18.2. The molecular formula is C16H22ClN5O2. The summed E-state index contributed by atoms with van der Waals surface area (Å²) in [5.41, 5.74) is 1.18. The molecule has 2 amide bonds. The Bertz CT molecular complexity index is 711. The highest BCUT2D eigenvalue weighted by atomic mass is 35.5. The third-order valence-corrected chi connectivity index (χ3v) is 4.29. The summed E-state index contributed by atoms with van der Waals surface area (Å²) < 4.78 is 0. The minimum Gasteiger partial charge on any atom is -0.350 e. The van der Waals surface area contributed by atoms with Crippen molar-refractivity contribution in [2.45, 2.75) is 18.9 Å². The van der Waals surface area contributed by atoms with E-state index >= 15 is 0 Å². The molecule has 0 saturated carbocycles. The molecule has 2 aromatic rings. The van der Waals surface area contributed by atoms with Crippen molar-refractivity contribution in [3.05, 3.63) is 30.0 Å². The highest BCUT2D eigenvalue weighted by molar-refractivity contribution is 6.04. The van der Waals surface area contributed by atoms with Gasteiger partial charge in [0.2, 0.25) is 5.91 Å². The summed E-state index contributed by atoms with van der Waals surface area (Å²) in [6, 6.07) is 7.72. The van der Waals surface area contributed by atoms with Gasteiger partial charge in [0.25, 0.3) is 5.91 Å². The molecule has 3 rings (SSSR count). The molecule has 0 bridgehead atoms. The van der Waals surface area contributed by atoms with Crippen LogP contribution in [0.4, 0.5) is 0 Å². The van der Waals surface area contributed by atoms with Gasteiger partial charge in [-0.25, -0.2) is 0 Å². The fraction of sp³-hybridized carbons (Fsp3) is 0.438. The maximum atomic E-state index is 12.2. The Morgan fingerprint density at radius 2 is 2.17 bits per heavy atom. The summed E-state index contributed by atoms with van der Waals surface area (Å²) in [7, 11) is 1.82. The van der Waals surface area contributed by atoms with Gasteiger partial charge >= 0.3 is 0 Å². The van der Waals surface area contributed by atoms with Crippen LogP contribution in [0.3, 0.4) is 0 Å². The predicted molar refractivity (Wildman–Crippen MR) is 94.3 cm³/mol. The van der Waals surface area contributed by atoms with E-state index in [9.17, 15) is 9.59 Å². The summed E-state index contributed by atoms with van der Waals surface area (Å²) in [5.74, 6) is -0.216. The van der Waals surface area contributed by atoms with Gasteiger partial charge in [0.15, 0.2) is 5.69 Å². The first-order valence-corrected chi connectivity index (χ1v) is 7.84. The number of para-hydroxylation sites is 1. The highest BCUT2D eigenvalue weighted by Gasteiger charge is 2.23. The van der Waals surface area contributed by atoms with Gasteiger partial charge in [-0.2, -0.15) is 5.10 Å². The Balaban J connectivity index is 0.00000208. The number of rotatable bonds is 5. The van der Waals surface area contributed by atoms with E-state index in [0.29, 0.717) is 18.7 Å². The summed E-state index contributed by atoms with van der Waals surface area (Å²) in [4.78, 5) is 26.1. The van der Waals surface area contributed by atoms with Gasteiger partial charge in [0, 0.05) is 38.0 Å². The molecule has 2 heterocycles. The number of aromatic amines is 1. The summed E-state index contributed by atoms with van der Waals surface area (Å²) in [6.07, 6.45) is 1.27. The van der Waals surface area contributed by atoms with Crippen LogP contribution in [0, 0.1) is 0 Å². The highest BCUT2D eigenvalue weighted by Crippen LogP contribution is 2.14. The van der Waals surface area contributed by atoms with Crippen LogP contribution in [-0.4, -0.2) is 59.6 Å². The lowest BCUT2D eigenvalue weighted by Crippen LogP contribution is -2.40. The number of amides is 2. The van der Waals surface area contributed by atoms with Gasteiger partial charge in [-0.1, -0.05) is 18.2 Å². The van der Waals surface area contributed by atoms with Gasteiger partial charge in [-0.15, -0.1) is 12.4 Å². The van der Waals surface area contributed by atoms with Crippen LogP contribution in [0.15, 0.2) is 24.3 Å². The minimum absolute atomic E-state index is 0. The molecule has 1 atom stereocenters. The molecule has 3 N–H and O–H groups in total. The van der Waals surface area contributed by atoms with E-state index < -0.39 is 0 Å². The van der Waals surface area contributed by atoms with E-state index in [1.165, 1.54) is 0 Å². The van der Waals surface area contributed by atoms with Crippen LogP contribution < -0.4 is 10.6 Å². The maximum absolute atomic E-state index is 12.2.